The predicted octanol–water partition coefficient (Wildman–Crippen LogP) is 11.8. The van der Waals surface area contributed by atoms with Gasteiger partial charge in [-0.05, 0) is 103 Å². The molecule has 2 aliphatic carbocycles. The van der Waals surface area contributed by atoms with Crippen molar-refractivity contribution < 1.29 is 5.11 Å². The Labute approximate surface area is 256 Å². The van der Waals surface area contributed by atoms with Gasteiger partial charge in [0.05, 0.1) is 6.10 Å². The fourth-order valence-corrected chi connectivity index (χ4v) is 7.67. The van der Waals surface area contributed by atoms with Gasteiger partial charge in [-0.2, -0.15) is 0 Å². The Hall–Kier alpha value is -1.34. The minimum atomic E-state index is -0.135. The zero-order chi connectivity index (χ0) is 30.6. The van der Waals surface area contributed by atoms with Crippen LogP contribution >= 0.6 is 0 Å². The van der Waals surface area contributed by atoms with E-state index in [0.717, 1.165) is 50.4 Å². The molecule has 2 saturated carbocycles. The highest BCUT2D eigenvalue weighted by Gasteiger charge is 2.39. The van der Waals surface area contributed by atoms with E-state index in [-0.39, 0.29) is 11.5 Å². The monoisotopic (exact) mass is 565 g/mol. The van der Waals surface area contributed by atoms with Crippen LogP contribution in [0.5, 0.6) is 0 Å². The fraction of sp³-hybridized carbons (Fsp3) is 0.750. The molecule has 0 spiro atoms. The SMILES string of the molecule is C[C@H](/C=C/C[C@H](C)/C=C/[C@H]1[C@H](C)CCCC1(C)C)C/C=C/C[C@H](C)/C=C/C[C@@H](C)/C=C/[C@H]1[C@@H](C)C[C@@H](O)CC1(C)C. The van der Waals surface area contributed by atoms with Crippen LogP contribution in [0.15, 0.2) is 60.8 Å². The van der Waals surface area contributed by atoms with Crippen molar-refractivity contribution in [1.82, 2.24) is 0 Å². The van der Waals surface area contributed by atoms with Crippen LogP contribution in [0.4, 0.5) is 0 Å². The molecule has 0 radical (unpaired) electrons. The molecule has 1 heteroatoms. The quantitative estimate of drug-likeness (QED) is 0.208. The van der Waals surface area contributed by atoms with E-state index in [1.807, 2.05) is 0 Å². The lowest BCUT2D eigenvalue weighted by Crippen LogP contribution is -2.38. The Bertz CT molecular complexity index is 882. The summed E-state index contributed by atoms with van der Waals surface area (Å²) in [5, 5.41) is 10.2. The molecule has 234 valence electrons. The lowest BCUT2D eigenvalue weighted by atomic mass is 9.63. The van der Waals surface area contributed by atoms with E-state index in [9.17, 15) is 5.11 Å². The molecular formula is C40H68O. The van der Waals surface area contributed by atoms with Gasteiger partial charge in [-0.1, -0.05) is 143 Å². The molecule has 2 aliphatic rings. The summed E-state index contributed by atoms with van der Waals surface area (Å²) in [5.41, 5.74) is 0.628. The molecule has 9 atom stereocenters. The van der Waals surface area contributed by atoms with Gasteiger partial charge in [0.1, 0.15) is 0 Å². The molecule has 1 nitrogen and oxygen atoms in total. The van der Waals surface area contributed by atoms with E-state index in [1.54, 1.807) is 0 Å². The number of allylic oxidation sites excluding steroid dienone is 10. The normalized spacial score (nSPS) is 31.9. The maximum Gasteiger partial charge on any atom is 0.0548 e. The molecule has 0 heterocycles. The third kappa shape index (κ3) is 12.8. The average Bonchev–Trinajstić information content (AvgIpc) is 2.84. The average molecular weight is 565 g/mol. The first-order valence-corrected chi connectivity index (χ1v) is 17.2. The Kier molecular flexibility index (Phi) is 14.9. The maximum absolute atomic E-state index is 10.2. The molecular weight excluding hydrogens is 496 g/mol. The van der Waals surface area contributed by atoms with Crippen LogP contribution in [-0.4, -0.2) is 11.2 Å². The molecule has 0 bridgehead atoms. The standard InChI is InChI=1S/C40H68O/c1-30(18-13-20-32(3)23-25-37-34(5)22-15-27-39(37,7)8)16-11-12-17-31(2)19-14-21-33(4)24-26-38-35(6)28-36(41)29-40(38,9)10/h11-14,18-19,23-26,30-38,41H,15-17,20-22,27-29H2,1-10H3/b12-11+,18-13+,19-14+,25-23+,26-24+/t30-,31-,32-,33+,34+,35-,36+,37-,38-/m0/s1. The Morgan fingerprint density at radius 1 is 0.634 bits per heavy atom. The first-order chi connectivity index (χ1) is 19.2. The van der Waals surface area contributed by atoms with Gasteiger partial charge >= 0.3 is 0 Å². The van der Waals surface area contributed by atoms with Crippen molar-refractivity contribution in [1.29, 1.82) is 0 Å². The first-order valence-electron chi connectivity index (χ1n) is 17.2. The van der Waals surface area contributed by atoms with Crippen LogP contribution in [0.3, 0.4) is 0 Å². The predicted molar refractivity (Wildman–Crippen MR) is 183 cm³/mol. The minimum Gasteiger partial charge on any atom is -0.393 e. The van der Waals surface area contributed by atoms with Crippen LogP contribution in [0.25, 0.3) is 0 Å². The summed E-state index contributed by atoms with van der Waals surface area (Å²) in [5.74, 6) is 4.98. The number of rotatable bonds is 14. The van der Waals surface area contributed by atoms with Crippen LogP contribution < -0.4 is 0 Å². The smallest absolute Gasteiger partial charge is 0.0548 e. The Balaban J connectivity index is 1.65. The number of hydrogen-bond acceptors (Lipinski definition) is 1. The van der Waals surface area contributed by atoms with Crippen LogP contribution in [-0.2, 0) is 0 Å². The van der Waals surface area contributed by atoms with Crippen LogP contribution in [0, 0.1) is 58.2 Å². The molecule has 2 rings (SSSR count). The van der Waals surface area contributed by atoms with Crippen molar-refractivity contribution in [3.05, 3.63) is 60.8 Å². The summed E-state index contributed by atoms with van der Waals surface area (Å²) in [6.07, 6.45) is 34.6. The van der Waals surface area contributed by atoms with Gasteiger partial charge in [0, 0.05) is 0 Å². The molecule has 1 N–H and O–H groups in total. The third-order valence-corrected chi connectivity index (χ3v) is 10.3. The summed E-state index contributed by atoms with van der Waals surface area (Å²) >= 11 is 0. The Morgan fingerprint density at radius 2 is 1.07 bits per heavy atom. The van der Waals surface area contributed by atoms with Gasteiger partial charge in [-0.25, -0.2) is 0 Å². The third-order valence-electron chi connectivity index (χ3n) is 10.3. The van der Waals surface area contributed by atoms with E-state index < -0.39 is 0 Å². The Morgan fingerprint density at radius 3 is 1.54 bits per heavy atom. The first kappa shape index (κ1) is 35.9. The zero-order valence-corrected chi connectivity index (χ0v) is 28.8. The topological polar surface area (TPSA) is 20.2 Å². The number of aliphatic hydroxyl groups is 1. The second kappa shape index (κ2) is 17.1. The molecule has 0 amide bonds. The largest absolute Gasteiger partial charge is 0.393 e. The second-order valence-corrected chi connectivity index (χ2v) is 15.9. The van der Waals surface area contributed by atoms with Crippen molar-refractivity contribution in [2.75, 3.05) is 0 Å². The number of aliphatic hydroxyl groups excluding tert-OH is 1. The van der Waals surface area contributed by atoms with Gasteiger partial charge in [0.25, 0.3) is 0 Å². The van der Waals surface area contributed by atoms with Crippen molar-refractivity contribution in [3.8, 4) is 0 Å². The fourth-order valence-electron chi connectivity index (χ4n) is 7.67. The lowest BCUT2D eigenvalue weighted by molar-refractivity contribution is 0.00756. The second-order valence-electron chi connectivity index (χ2n) is 15.9. The molecule has 41 heavy (non-hydrogen) atoms. The lowest BCUT2D eigenvalue weighted by Gasteiger charge is -2.43. The van der Waals surface area contributed by atoms with Crippen LogP contribution in [0.2, 0.25) is 0 Å². The van der Waals surface area contributed by atoms with Gasteiger partial charge in [-0.15, -0.1) is 0 Å². The van der Waals surface area contributed by atoms with E-state index in [2.05, 4.69) is 130 Å². The van der Waals surface area contributed by atoms with E-state index in [1.165, 1.54) is 19.3 Å². The number of hydrogen-bond donors (Lipinski definition) is 1. The van der Waals surface area contributed by atoms with Gasteiger partial charge < -0.3 is 5.11 Å². The van der Waals surface area contributed by atoms with E-state index in [4.69, 9.17) is 0 Å². The van der Waals surface area contributed by atoms with Gasteiger partial charge in [-0.3, -0.25) is 0 Å². The van der Waals surface area contributed by atoms with Crippen molar-refractivity contribution in [2.24, 2.45) is 58.2 Å². The molecule has 2 fully saturated rings. The van der Waals surface area contributed by atoms with Crippen molar-refractivity contribution in [3.63, 3.8) is 0 Å². The highest BCUT2D eigenvalue weighted by atomic mass is 16.3. The summed E-state index contributed by atoms with van der Waals surface area (Å²) in [6, 6.07) is 0. The van der Waals surface area contributed by atoms with E-state index in [0.29, 0.717) is 40.9 Å². The maximum atomic E-state index is 10.2. The molecule has 0 saturated heterocycles. The summed E-state index contributed by atoms with van der Waals surface area (Å²) in [6.45, 7) is 23.6. The summed E-state index contributed by atoms with van der Waals surface area (Å²) in [4.78, 5) is 0. The molecule has 0 aromatic rings. The summed E-state index contributed by atoms with van der Waals surface area (Å²) < 4.78 is 0. The van der Waals surface area contributed by atoms with Crippen molar-refractivity contribution in [2.45, 2.75) is 133 Å². The van der Waals surface area contributed by atoms with Crippen LogP contribution in [0.1, 0.15) is 127 Å². The molecule has 0 unspecified atom stereocenters. The highest BCUT2D eigenvalue weighted by molar-refractivity contribution is 5.05. The zero-order valence-electron chi connectivity index (χ0n) is 28.8. The molecule has 0 aliphatic heterocycles. The van der Waals surface area contributed by atoms with Crippen molar-refractivity contribution >= 4 is 0 Å². The van der Waals surface area contributed by atoms with Gasteiger partial charge in [0.2, 0.25) is 0 Å². The summed E-state index contributed by atoms with van der Waals surface area (Å²) in [7, 11) is 0. The van der Waals surface area contributed by atoms with E-state index >= 15 is 0 Å². The molecule has 0 aromatic carbocycles. The minimum absolute atomic E-state index is 0.135. The molecule has 0 aromatic heterocycles. The van der Waals surface area contributed by atoms with Gasteiger partial charge in [0.15, 0.2) is 0 Å². The highest BCUT2D eigenvalue weighted by Crippen LogP contribution is 2.45.